The van der Waals surface area contributed by atoms with E-state index in [1.54, 1.807) is 0 Å². The lowest BCUT2D eigenvalue weighted by atomic mass is 10.1. The van der Waals surface area contributed by atoms with Gasteiger partial charge in [-0.3, -0.25) is 4.79 Å². The van der Waals surface area contributed by atoms with Crippen LogP contribution in [0.1, 0.15) is 12.8 Å². The Morgan fingerprint density at radius 2 is 2.00 bits per heavy atom. The molecule has 0 bridgehead atoms. The van der Waals surface area contributed by atoms with Crippen molar-refractivity contribution in [3.05, 3.63) is 0 Å². The molecule has 0 unspecified atom stereocenters. The minimum Gasteiger partial charge on any atom is -0.468 e. The highest BCUT2D eigenvalue weighted by Gasteiger charge is 2.39. The molecular weight excluding hydrogens is 230 g/mol. The Hall–Kier alpha value is -0.300. The summed E-state index contributed by atoms with van der Waals surface area (Å²) in [4.78, 5) is 11.0. The third-order valence-electron chi connectivity index (χ3n) is 2.89. The van der Waals surface area contributed by atoms with Gasteiger partial charge in [-0.05, 0) is 0 Å². The van der Waals surface area contributed by atoms with Gasteiger partial charge in [0.15, 0.2) is 5.79 Å². The van der Waals surface area contributed by atoms with Gasteiger partial charge in [-0.2, -0.15) is 0 Å². The van der Waals surface area contributed by atoms with Crippen LogP contribution in [0.5, 0.6) is 0 Å². The normalized spacial score (nSPS) is 24.8. The zero-order valence-electron chi connectivity index (χ0n) is 9.44. The molecule has 2 aliphatic heterocycles. The highest BCUT2D eigenvalue weighted by molar-refractivity contribution is 7.97. The molecule has 1 spiro atoms. The zero-order chi connectivity index (χ0) is 11.4. The van der Waals surface area contributed by atoms with E-state index in [1.165, 1.54) is 19.1 Å². The number of carbonyl (C=O) groups is 1. The lowest BCUT2D eigenvalue weighted by Gasteiger charge is -2.36. The number of esters is 1. The molecule has 0 aromatic rings. The van der Waals surface area contributed by atoms with Crippen molar-refractivity contribution in [2.24, 2.45) is 0 Å². The van der Waals surface area contributed by atoms with Gasteiger partial charge in [-0.15, -0.1) is 0 Å². The highest BCUT2D eigenvalue weighted by Crippen LogP contribution is 2.33. The molecule has 0 N–H and O–H groups in total. The van der Waals surface area contributed by atoms with Crippen molar-refractivity contribution in [1.82, 2.24) is 4.31 Å². The summed E-state index contributed by atoms with van der Waals surface area (Å²) in [7, 11) is 1.41. The number of carbonyl (C=O) groups excluding carboxylic acids is 1. The summed E-state index contributed by atoms with van der Waals surface area (Å²) < 4.78 is 18.0. The molecule has 2 heterocycles. The van der Waals surface area contributed by atoms with Crippen molar-refractivity contribution < 1.29 is 19.0 Å². The van der Waals surface area contributed by atoms with Gasteiger partial charge in [0.05, 0.1) is 20.3 Å². The summed E-state index contributed by atoms with van der Waals surface area (Å²) in [5, 5.41) is 0. The first kappa shape index (κ1) is 12.2. The summed E-state index contributed by atoms with van der Waals surface area (Å²) in [6.07, 6.45) is 1.75. The van der Waals surface area contributed by atoms with E-state index < -0.39 is 0 Å². The van der Waals surface area contributed by atoms with Gasteiger partial charge in [0, 0.05) is 25.9 Å². The second kappa shape index (κ2) is 5.35. The third-order valence-corrected chi connectivity index (χ3v) is 3.99. The molecule has 92 valence electrons. The van der Waals surface area contributed by atoms with Crippen LogP contribution in [0.25, 0.3) is 0 Å². The maximum absolute atomic E-state index is 11.0. The average Bonchev–Trinajstić information content (AvgIpc) is 2.77. The van der Waals surface area contributed by atoms with Crippen LogP contribution in [0.4, 0.5) is 0 Å². The Morgan fingerprint density at radius 3 is 2.56 bits per heavy atom. The third kappa shape index (κ3) is 2.88. The van der Waals surface area contributed by atoms with Crippen molar-refractivity contribution in [3.8, 4) is 0 Å². The molecule has 6 heteroatoms. The number of nitrogens with zero attached hydrogens (tertiary/aromatic N) is 1. The zero-order valence-corrected chi connectivity index (χ0v) is 10.3. The highest BCUT2D eigenvalue weighted by atomic mass is 32.2. The predicted octanol–water partition coefficient (Wildman–Crippen LogP) is 0.646. The largest absolute Gasteiger partial charge is 0.468 e. The van der Waals surface area contributed by atoms with Gasteiger partial charge in [0.1, 0.15) is 5.75 Å². The lowest BCUT2D eigenvalue weighted by molar-refractivity contribution is -0.178. The molecule has 0 aliphatic carbocycles. The molecule has 5 nitrogen and oxygen atoms in total. The molecule has 2 fully saturated rings. The topological polar surface area (TPSA) is 48.0 Å². The number of hydrogen-bond acceptors (Lipinski definition) is 6. The van der Waals surface area contributed by atoms with Crippen LogP contribution in [0.2, 0.25) is 0 Å². The molecule has 0 atom stereocenters. The molecule has 2 rings (SSSR count). The number of methoxy groups -OCH3 is 1. The smallest absolute Gasteiger partial charge is 0.316 e. The van der Waals surface area contributed by atoms with Crippen molar-refractivity contribution in [3.63, 3.8) is 0 Å². The van der Waals surface area contributed by atoms with Gasteiger partial charge >= 0.3 is 5.97 Å². The van der Waals surface area contributed by atoms with E-state index in [-0.39, 0.29) is 11.8 Å². The van der Waals surface area contributed by atoms with E-state index in [1.807, 2.05) is 0 Å². The average molecular weight is 247 g/mol. The first-order chi connectivity index (χ1) is 7.74. The number of hydrogen-bond donors (Lipinski definition) is 0. The fraction of sp³-hybridized carbons (Fsp3) is 0.900. The maximum atomic E-state index is 11.0. The Bertz CT molecular complexity index is 245. The minimum atomic E-state index is -0.331. The molecule has 16 heavy (non-hydrogen) atoms. The SMILES string of the molecule is COC(=O)CSN1CCC2(CC1)OCCO2. The first-order valence-corrected chi connectivity index (χ1v) is 6.41. The number of rotatable bonds is 3. The van der Waals surface area contributed by atoms with Gasteiger partial charge in [0.2, 0.25) is 0 Å². The summed E-state index contributed by atoms with van der Waals surface area (Å²) in [5.74, 6) is -0.133. The van der Waals surface area contributed by atoms with Gasteiger partial charge in [-0.1, -0.05) is 11.9 Å². The molecule has 0 aromatic carbocycles. The summed E-state index contributed by atoms with van der Waals surface area (Å²) >= 11 is 1.52. The fourth-order valence-corrected chi connectivity index (χ4v) is 2.79. The molecule has 0 amide bonds. The predicted molar refractivity (Wildman–Crippen MR) is 59.9 cm³/mol. The lowest BCUT2D eigenvalue weighted by Crippen LogP contribution is -2.42. The minimum absolute atomic E-state index is 0.182. The Balaban J connectivity index is 1.70. The van der Waals surface area contributed by atoms with Gasteiger partial charge in [0.25, 0.3) is 0 Å². The summed E-state index contributed by atoms with van der Waals surface area (Å²) in [5.41, 5.74) is 0. The molecule has 0 aromatic heterocycles. The van der Waals surface area contributed by atoms with Crippen LogP contribution in [-0.2, 0) is 19.0 Å². The van der Waals surface area contributed by atoms with Crippen molar-refractivity contribution in [2.45, 2.75) is 18.6 Å². The van der Waals surface area contributed by atoms with E-state index in [2.05, 4.69) is 9.04 Å². The van der Waals surface area contributed by atoms with E-state index in [4.69, 9.17) is 9.47 Å². The van der Waals surface area contributed by atoms with Crippen LogP contribution in [0, 0.1) is 0 Å². The van der Waals surface area contributed by atoms with Crippen molar-refractivity contribution in [2.75, 3.05) is 39.2 Å². The summed E-state index contributed by atoms with van der Waals surface area (Å²) in [6, 6.07) is 0. The fourth-order valence-electron chi connectivity index (χ4n) is 1.94. The second-order valence-corrected chi connectivity index (χ2v) is 4.95. The van der Waals surface area contributed by atoms with Crippen molar-refractivity contribution in [1.29, 1.82) is 0 Å². The standard InChI is InChI=1S/C10H17NO4S/c1-13-9(12)8-16-11-4-2-10(3-5-11)14-6-7-15-10/h2-8H2,1H3. The van der Waals surface area contributed by atoms with E-state index in [0.29, 0.717) is 19.0 Å². The van der Waals surface area contributed by atoms with Gasteiger partial charge in [-0.25, -0.2) is 4.31 Å². The van der Waals surface area contributed by atoms with E-state index in [9.17, 15) is 4.79 Å². The first-order valence-electron chi connectivity index (χ1n) is 5.47. The summed E-state index contributed by atoms with van der Waals surface area (Å²) in [6.45, 7) is 3.19. The van der Waals surface area contributed by atoms with Crippen molar-refractivity contribution >= 4 is 17.9 Å². The van der Waals surface area contributed by atoms with Crippen LogP contribution in [0.3, 0.4) is 0 Å². The Kier molecular flexibility index (Phi) is 4.07. The number of piperidine rings is 1. The van der Waals surface area contributed by atoms with Crippen LogP contribution < -0.4 is 0 Å². The van der Waals surface area contributed by atoms with Crippen LogP contribution in [-0.4, -0.2) is 55.2 Å². The molecule has 2 saturated heterocycles. The van der Waals surface area contributed by atoms with Crippen LogP contribution >= 0.6 is 11.9 Å². The molecule has 2 aliphatic rings. The Morgan fingerprint density at radius 1 is 1.38 bits per heavy atom. The quantitative estimate of drug-likeness (QED) is 0.539. The number of ether oxygens (including phenoxy) is 3. The molecule has 0 radical (unpaired) electrons. The maximum Gasteiger partial charge on any atom is 0.316 e. The van der Waals surface area contributed by atoms with E-state index in [0.717, 1.165) is 25.9 Å². The molecular formula is C10H17NO4S. The second-order valence-electron chi connectivity index (χ2n) is 3.89. The Labute approximate surface area is 99.5 Å². The van der Waals surface area contributed by atoms with Crippen LogP contribution in [0.15, 0.2) is 0 Å². The molecule has 0 saturated carbocycles. The monoisotopic (exact) mass is 247 g/mol. The van der Waals surface area contributed by atoms with Gasteiger partial charge < -0.3 is 14.2 Å². The van der Waals surface area contributed by atoms with E-state index >= 15 is 0 Å².